The summed E-state index contributed by atoms with van der Waals surface area (Å²) in [4.78, 5) is 22.4. The molecule has 4 aromatic rings. The topological polar surface area (TPSA) is 88.8 Å². The number of fused-ring (bicyclic) bond motifs is 1. The van der Waals surface area contributed by atoms with Gasteiger partial charge in [0.1, 0.15) is 5.75 Å². The van der Waals surface area contributed by atoms with Crippen LogP contribution >= 0.6 is 0 Å². The summed E-state index contributed by atoms with van der Waals surface area (Å²) in [7, 11) is 0. The summed E-state index contributed by atoms with van der Waals surface area (Å²) in [5.74, 6) is -0.898. The minimum absolute atomic E-state index is 0.0704. The molecule has 1 aromatic heterocycles. The van der Waals surface area contributed by atoms with Crippen LogP contribution in [0.25, 0.3) is 23.1 Å². The van der Waals surface area contributed by atoms with E-state index in [1.165, 1.54) is 5.56 Å². The van der Waals surface area contributed by atoms with Gasteiger partial charge in [0, 0.05) is 30.1 Å². The summed E-state index contributed by atoms with van der Waals surface area (Å²) >= 11 is 0. The van der Waals surface area contributed by atoms with E-state index in [1.807, 2.05) is 71.4 Å². The highest BCUT2D eigenvalue weighted by molar-refractivity contribution is 5.96. The molecule has 0 amide bonds. The molecule has 0 aliphatic carbocycles. The van der Waals surface area contributed by atoms with Gasteiger partial charge in [0.05, 0.1) is 13.0 Å². The van der Waals surface area contributed by atoms with Gasteiger partial charge >= 0.3 is 11.9 Å². The van der Waals surface area contributed by atoms with Gasteiger partial charge in [-0.2, -0.15) is 0 Å². The van der Waals surface area contributed by atoms with Crippen LogP contribution in [0.3, 0.4) is 0 Å². The Balaban J connectivity index is 1.40. The maximum Gasteiger partial charge on any atom is 0.307 e. The van der Waals surface area contributed by atoms with Gasteiger partial charge in [-0.15, -0.1) is 0 Å². The largest absolute Gasteiger partial charge is 0.494 e. The predicted octanol–water partition coefficient (Wildman–Crippen LogP) is 6.71. The van der Waals surface area contributed by atoms with Gasteiger partial charge in [-0.25, -0.2) is 0 Å². The van der Waals surface area contributed by atoms with Crippen LogP contribution < -0.4 is 4.74 Å². The Morgan fingerprint density at radius 2 is 1.61 bits per heavy atom. The van der Waals surface area contributed by atoms with Crippen molar-refractivity contribution in [2.45, 2.75) is 45.1 Å². The van der Waals surface area contributed by atoms with Crippen LogP contribution in [0.1, 0.15) is 47.9 Å². The standard InChI is InChI=1S/C32H33NO5/c34-30(35)13-7-20-33-23-27(22-31(36)37)32-26(11-6-12-29(32)33)17-14-25-15-18-28(19-16-25)38-21-5-4-10-24-8-2-1-3-9-24/h1-3,6,8-9,11-12,14-19,23H,4-5,7,10,13,20-22H2,(H,34,35)(H,36,37)/b17-14+. The summed E-state index contributed by atoms with van der Waals surface area (Å²) < 4.78 is 7.86. The molecule has 6 nitrogen and oxygen atoms in total. The Morgan fingerprint density at radius 1 is 0.816 bits per heavy atom. The highest BCUT2D eigenvalue weighted by Crippen LogP contribution is 2.28. The van der Waals surface area contributed by atoms with Crippen LogP contribution in [0, 0.1) is 0 Å². The Bertz CT molecular complexity index is 1390. The molecule has 0 saturated carbocycles. The number of unbranched alkanes of at least 4 members (excludes halogenated alkanes) is 1. The molecular weight excluding hydrogens is 478 g/mol. The molecule has 0 spiro atoms. The average molecular weight is 512 g/mol. The van der Waals surface area contributed by atoms with E-state index in [0.717, 1.165) is 52.6 Å². The van der Waals surface area contributed by atoms with E-state index in [-0.39, 0.29) is 12.8 Å². The minimum Gasteiger partial charge on any atom is -0.494 e. The van der Waals surface area contributed by atoms with E-state index in [0.29, 0.717) is 19.6 Å². The fraction of sp³-hybridized carbons (Fsp3) is 0.250. The summed E-state index contributed by atoms with van der Waals surface area (Å²) in [5.41, 5.74) is 4.92. The van der Waals surface area contributed by atoms with Crippen molar-refractivity contribution in [2.24, 2.45) is 0 Å². The highest BCUT2D eigenvalue weighted by atomic mass is 16.5. The second kappa shape index (κ2) is 13.3. The normalized spacial score (nSPS) is 11.3. The predicted molar refractivity (Wildman–Crippen MR) is 150 cm³/mol. The lowest BCUT2D eigenvalue weighted by Gasteiger charge is -2.07. The molecule has 38 heavy (non-hydrogen) atoms. The first-order valence-electron chi connectivity index (χ1n) is 13.0. The molecule has 0 aliphatic heterocycles. The Labute approximate surface area is 222 Å². The van der Waals surface area contributed by atoms with Crippen molar-refractivity contribution in [3.63, 3.8) is 0 Å². The van der Waals surface area contributed by atoms with Crippen molar-refractivity contribution in [2.75, 3.05) is 6.61 Å². The summed E-state index contributed by atoms with van der Waals surface area (Å²) in [6.45, 7) is 1.20. The van der Waals surface area contributed by atoms with Crippen LogP contribution in [0.15, 0.2) is 79.0 Å². The molecule has 0 radical (unpaired) electrons. The van der Waals surface area contributed by atoms with Crippen molar-refractivity contribution in [3.8, 4) is 5.75 Å². The highest BCUT2D eigenvalue weighted by Gasteiger charge is 2.14. The Morgan fingerprint density at radius 3 is 2.34 bits per heavy atom. The summed E-state index contributed by atoms with van der Waals surface area (Å²) in [5, 5.41) is 19.3. The van der Waals surface area contributed by atoms with Crippen molar-refractivity contribution < 1.29 is 24.5 Å². The van der Waals surface area contributed by atoms with Crippen LogP contribution in [-0.2, 0) is 29.0 Å². The van der Waals surface area contributed by atoms with Crippen molar-refractivity contribution in [1.29, 1.82) is 0 Å². The molecule has 0 unspecified atom stereocenters. The molecule has 0 fully saturated rings. The number of carbonyl (C=O) groups is 2. The second-order valence-electron chi connectivity index (χ2n) is 9.35. The molecule has 1 heterocycles. The number of ether oxygens (including phenoxy) is 1. The lowest BCUT2D eigenvalue weighted by atomic mass is 10.0. The number of aliphatic carboxylic acids is 2. The SMILES string of the molecule is O=C(O)CCCn1cc(CC(=O)O)c2c(/C=C/c3ccc(OCCCCc4ccccc4)cc3)cccc21. The molecule has 0 bridgehead atoms. The van der Waals surface area contributed by atoms with Crippen molar-refractivity contribution in [1.82, 2.24) is 4.57 Å². The van der Waals surface area contributed by atoms with Crippen molar-refractivity contribution in [3.05, 3.63) is 101 Å². The smallest absolute Gasteiger partial charge is 0.307 e. The number of benzene rings is 3. The number of aryl methyl sites for hydroxylation is 2. The van der Waals surface area contributed by atoms with Crippen LogP contribution in [-0.4, -0.2) is 33.3 Å². The van der Waals surface area contributed by atoms with Gasteiger partial charge in [0.25, 0.3) is 0 Å². The van der Waals surface area contributed by atoms with Gasteiger partial charge in [-0.05, 0) is 66.1 Å². The third kappa shape index (κ3) is 7.59. The van der Waals surface area contributed by atoms with E-state index < -0.39 is 11.9 Å². The van der Waals surface area contributed by atoms with E-state index in [1.54, 1.807) is 0 Å². The first-order valence-corrected chi connectivity index (χ1v) is 13.0. The maximum absolute atomic E-state index is 11.5. The lowest BCUT2D eigenvalue weighted by Crippen LogP contribution is -2.01. The fourth-order valence-electron chi connectivity index (χ4n) is 4.62. The van der Waals surface area contributed by atoms with Crippen LogP contribution in [0.5, 0.6) is 5.75 Å². The van der Waals surface area contributed by atoms with E-state index in [4.69, 9.17) is 9.84 Å². The molecule has 196 valence electrons. The minimum atomic E-state index is -0.899. The zero-order chi connectivity index (χ0) is 26.7. The molecule has 6 heteroatoms. The number of carboxylic acid groups (broad SMARTS) is 2. The third-order valence-electron chi connectivity index (χ3n) is 6.46. The van der Waals surface area contributed by atoms with Crippen LogP contribution in [0.2, 0.25) is 0 Å². The van der Waals surface area contributed by atoms with Gasteiger partial charge in [-0.1, -0.05) is 66.7 Å². The maximum atomic E-state index is 11.5. The third-order valence-corrected chi connectivity index (χ3v) is 6.46. The Kier molecular flexibility index (Phi) is 9.35. The number of carboxylic acids is 2. The molecule has 0 saturated heterocycles. The van der Waals surface area contributed by atoms with Crippen LogP contribution in [0.4, 0.5) is 0 Å². The first-order chi connectivity index (χ1) is 18.5. The second-order valence-corrected chi connectivity index (χ2v) is 9.35. The van der Waals surface area contributed by atoms with Gasteiger partial charge < -0.3 is 19.5 Å². The van der Waals surface area contributed by atoms with Gasteiger partial charge in [0.15, 0.2) is 0 Å². The van der Waals surface area contributed by atoms with E-state index in [2.05, 4.69) is 24.3 Å². The number of hydrogen-bond donors (Lipinski definition) is 2. The molecule has 4 rings (SSSR count). The molecule has 3 aromatic carbocycles. The van der Waals surface area contributed by atoms with Gasteiger partial charge in [-0.3, -0.25) is 9.59 Å². The fourth-order valence-corrected chi connectivity index (χ4v) is 4.62. The zero-order valence-electron chi connectivity index (χ0n) is 21.4. The lowest BCUT2D eigenvalue weighted by molar-refractivity contribution is -0.137. The quantitative estimate of drug-likeness (QED) is 0.145. The molecular formula is C32H33NO5. The summed E-state index contributed by atoms with van der Waals surface area (Å²) in [6.07, 6.45) is 9.43. The average Bonchev–Trinajstić information content (AvgIpc) is 3.25. The molecule has 0 atom stereocenters. The number of nitrogens with zero attached hydrogens (tertiary/aromatic N) is 1. The van der Waals surface area contributed by atoms with Crippen molar-refractivity contribution >= 4 is 35.0 Å². The summed E-state index contributed by atoms with van der Waals surface area (Å²) in [6, 6.07) is 24.3. The molecule has 2 N–H and O–H groups in total. The molecule has 0 aliphatic rings. The van der Waals surface area contributed by atoms with E-state index in [9.17, 15) is 14.7 Å². The number of rotatable bonds is 14. The van der Waals surface area contributed by atoms with E-state index >= 15 is 0 Å². The number of hydrogen-bond acceptors (Lipinski definition) is 3. The Hall–Kier alpha value is -4.32. The zero-order valence-corrected chi connectivity index (χ0v) is 21.4. The first kappa shape index (κ1) is 26.7. The van der Waals surface area contributed by atoms with Gasteiger partial charge in [0.2, 0.25) is 0 Å². The monoisotopic (exact) mass is 511 g/mol. The number of aromatic nitrogens is 1.